The van der Waals surface area contributed by atoms with Crippen molar-refractivity contribution < 1.29 is 9.90 Å². The van der Waals surface area contributed by atoms with Crippen molar-refractivity contribution in [1.82, 2.24) is 5.32 Å². The molecule has 0 heterocycles. The first-order valence-electron chi connectivity index (χ1n) is 6.54. The van der Waals surface area contributed by atoms with E-state index in [1.54, 1.807) is 24.3 Å². The van der Waals surface area contributed by atoms with Crippen LogP contribution in [0.4, 0.5) is 0 Å². The zero-order chi connectivity index (χ0) is 15.2. The number of aliphatic hydroxyl groups is 1. The van der Waals surface area contributed by atoms with Crippen LogP contribution in [0.2, 0.25) is 10.0 Å². The van der Waals surface area contributed by atoms with E-state index >= 15 is 0 Å². The van der Waals surface area contributed by atoms with Gasteiger partial charge in [0, 0.05) is 28.2 Å². The van der Waals surface area contributed by atoms with Crippen molar-refractivity contribution in [2.45, 2.75) is 32.3 Å². The van der Waals surface area contributed by atoms with Crippen LogP contribution in [-0.4, -0.2) is 23.2 Å². The third-order valence-corrected chi connectivity index (χ3v) is 3.97. The molecule has 0 aliphatic heterocycles. The summed E-state index contributed by atoms with van der Waals surface area (Å²) in [5.41, 5.74) is -0.252. The smallest absolute Gasteiger partial charge is 0.244 e. The number of hydrogen-bond acceptors (Lipinski definition) is 2. The van der Waals surface area contributed by atoms with Crippen LogP contribution in [0.1, 0.15) is 32.3 Å². The van der Waals surface area contributed by atoms with E-state index in [-0.39, 0.29) is 12.5 Å². The fourth-order valence-corrected chi connectivity index (χ4v) is 2.16. The summed E-state index contributed by atoms with van der Waals surface area (Å²) in [5, 5.41) is 13.7. The maximum Gasteiger partial charge on any atom is 0.244 e. The van der Waals surface area contributed by atoms with Gasteiger partial charge >= 0.3 is 0 Å². The number of nitrogens with one attached hydrogen (secondary N) is 1. The van der Waals surface area contributed by atoms with E-state index in [2.05, 4.69) is 5.32 Å². The molecule has 0 aliphatic rings. The topological polar surface area (TPSA) is 49.3 Å². The predicted octanol–water partition coefficient (Wildman–Crippen LogP) is 3.67. The highest BCUT2D eigenvalue weighted by molar-refractivity contribution is 6.37. The molecule has 1 rings (SSSR count). The lowest BCUT2D eigenvalue weighted by Crippen LogP contribution is -2.41. The van der Waals surface area contributed by atoms with Gasteiger partial charge in [-0.25, -0.2) is 0 Å². The predicted molar refractivity (Wildman–Crippen MR) is 84.0 cm³/mol. The fraction of sp³-hybridized carbons (Fsp3) is 0.400. The van der Waals surface area contributed by atoms with Gasteiger partial charge in [-0.15, -0.1) is 0 Å². The van der Waals surface area contributed by atoms with Crippen LogP contribution < -0.4 is 5.32 Å². The van der Waals surface area contributed by atoms with Gasteiger partial charge in [-0.05, 0) is 31.1 Å². The van der Waals surface area contributed by atoms with Crippen molar-refractivity contribution in [2.24, 2.45) is 0 Å². The number of hydrogen-bond donors (Lipinski definition) is 2. The van der Waals surface area contributed by atoms with Crippen LogP contribution in [0.25, 0.3) is 6.08 Å². The van der Waals surface area contributed by atoms with Gasteiger partial charge in [-0.2, -0.15) is 0 Å². The quantitative estimate of drug-likeness (QED) is 0.787. The molecule has 1 aromatic rings. The molecule has 0 aromatic heterocycles. The largest absolute Gasteiger partial charge is 0.388 e. The average molecular weight is 316 g/mol. The summed E-state index contributed by atoms with van der Waals surface area (Å²) in [6, 6.07) is 5.15. The Morgan fingerprint density at radius 3 is 2.35 bits per heavy atom. The van der Waals surface area contributed by atoms with E-state index in [0.29, 0.717) is 28.5 Å². The summed E-state index contributed by atoms with van der Waals surface area (Å²) in [4.78, 5) is 11.7. The lowest BCUT2D eigenvalue weighted by molar-refractivity contribution is -0.117. The van der Waals surface area contributed by atoms with Crippen LogP contribution in [0.3, 0.4) is 0 Å². The zero-order valence-electron chi connectivity index (χ0n) is 11.6. The summed E-state index contributed by atoms with van der Waals surface area (Å²) in [6.45, 7) is 3.99. The molecule has 110 valence electrons. The first-order chi connectivity index (χ1) is 9.41. The highest BCUT2D eigenvalue weighted by Crippen LogP contribution is 2.25. The monoisotopic (exact) mass is 315 g/mol. The molecule has 1 aromatic carbocycles. The molecule has 0 saturated heterocycles. The Balaban J connectivity index is 2.65. The number of amides is 1. The lowest BCUT2D eigenvalue weighted by Gasteiger charge is -2.24. The molecular weight excluding hydrogens is 297 g/mol. The molecule has 20 heavy (non-hydrogen) atoms. The van der Waals surface area contributed by atoms with Gasteiger partial charge in [0.05, 0.1) is 5.60 Å². The molecule has 0 fully saturated rings. The molecular formula is C15H19Cl2NO2. The van der Waals surface area contributed by atoms with Gasteiger partial charge in [-0.3, -0.25) is 4.79 Å². The molecule has 0 aliphatic carbocycles. The Morgan fingerprint density at radius 2 is 1.85 bits per heavy atom. The van der Waals surface area contributed by atoms with Gasteiger partial charge in [0.1, 0.15) is 0 Å². The van der Waals surface area contributed by atoms with Gasteiger partial charge in [-0.1, -0.05) is 43.1 Å². The van der Waals surface area contributed by atoms with Crippen molar-refractivity contribution in [3.63, 3.8) is 0 Å². The summed E-state index contributed by atoms with van der Waals surface area (Å²) in [5.74, 6) is -0.290. The van der Waals surface area contributed by atoms with Crippen molar-refractivity contribution in [1.29, 1.82) is 0 Å². The number of halogens is 2. The maximum atomic E-state index is 11.7. The van der Waals surface area contributed by atoms with Crippen LogP contribution in [0, 0.1) is 0 Å². The molecule has 0 spiro atoms. The Bertz CT molecular complexity index is 476. The van der Waals surface area contributed by atoms with E-state index in [4.69, 9.17) is 23.2 Å². The third-order valence-electron chi connectivity index (χ3n) is 3.31. The van der Waals surface area contributed by atoms with Crippen LogP contribution in [-0.2, 0) is 4.79 Å². The van der Waals surface area contributed by atoms with Crippen molar-refractivity contribution in [3.8, 4) is 0 Å². The molecule has 5 heteroatoms. The molecule has 0 bridgehead atoms. The first kappa shape index (κ1) is 17.0. The normalized spacial score (nSPS) is 11.8. The second-order valence-electron chi connectivity index (χ2n) is 4.62. The van der Waals surface area contributed by atoms with E-state index in [0.717, 1.165) is 0 Å². The number of carbonyl (C=O) groups excluding carboxylic acids is 1. The average Bonchev–Trinajstić information content (AvgIpc) is 2.44. The summed E-state index contributed by atoms with van der Waals surface area (Å²) in [7, 11) is 0. The number of rotatable bonds is 6. The number of benzene rings is 1. The Kier molecular flexibility index (Phi) is 6.53. The van der Waals surface area contributed by atoms with Gasteiger partial charge in [0.2, 0.25) is 5.91 Å². The van der Waals surface area contributed by atoms with Crippen LogP contribution in [0.15, 0.2) is 24.3 Å². The highest BCUT2D eigenvalue weighted by atomic mass is 35.5. The molecule has 0 atom stereocenters. The minimum Gasteiger partial charge on any atom is -0.388 e. The lowest BCUT2D eigenvalue weighted by atomic mass is 9.98. The van der Waals surface area contributed by atoms with Crippen molar-refractivity contribution >= 4 is 35.2 Å². The minimum absolute atomic E-state index is 0.222. The number of carbonyl (C=O) groups is 1. The molecule has 1 amide bonds. The molecule has 0 saturated carbocycles. The van der Waals surface area contributed by atoms with Crippen LogP contribution in [0.5, 0.6) is 0 Å². The van der Waals surface area contributed by atoms with E-state index in [1.165, 1.54) is 6.08 Å². The van der Waals surface area contributed by atoms with Gasteiger partial charge in [0.15, 0.2) is 0 Å². The zero-order valence-corrected chi connectivity index (χ0v) is 13.1. The molecule has 3 nitrogen and oxygen atoms in total. The van der Waals surface area contributed by atoms with Crippen molar-refractivity contribution in [2.75, 3.05) is 6.54 Å². The third kappa shape index (κ3) is 4.82. The van der Waals surface area contributed by atoms with E-state index in [9.17, 15) is 9.90 Å². The van der Waals surface area contributed by atoms with Gasteiger partial charge < -0.3 is 10.4 Å². The Hall–Kier alpha value is -1.03. The standard InChI is InChI=1S/C15H19Cl2NO2/c1-3-15(20,4-2)10-18-14(19)9-8-11-12(16)6-5-7-13(11)17/h5-9,20H,3-4,10H2,1-2H3,(H,18,19). The summed E-state index contributed by atoms with van der Waals surface area (Å²) >= 11 is 12.0. The molecule has 0 unspecified atom stereocenters. The molecule has 0 radical (unpaired) electrons. The highest BCUT2D eigenvalue weighted by Gasteiger charge is 2.22. The van der Waals surface area contributed by atoms with Crippen molar-refractivity contribution in [3.05, 3.63) is 39.9 Å². The van der Waals surface area contributed by atoms with E-state index in [1.807, 2.05) is 13.8 Å². The van der Waals surface area contributed by atoms with Crippen LogP contribution >= 0.6 is 23.2 Å². The Morgan fingerprint density at radius 1 is 1.30 bits per heavy atom. The summed E-state index contributed by atoms with van der Waals surface area (Å²) < 4.78 is 0. The second kappa shape index (κ2) is 7.67. The summed E-state index contributed by atoms with van der Waals surface area (Å²) in [6.07, 6.45) is 4.10. The minimum atomic E-state index is -0.856. The molecule has 2 N–H and O–H groups in total. The maximum absolute atomic E-state index is 11.7. The second-order valence-corrected chi connectivity index (χ2v) is 5.43. The van der Waals surface area contributed by atoms with E-state index < -0.39 is 5.60 Å². The SMILES string of the molecule is CCC(O)(CC)CNC(=O)C=Cc1c(Cl)cccc1Cl. The first-order valence-corrected chi connectivity index (χ1v) is 7.29. The Labute approximate surface area is 129 Å². The van der Waals surface area contributed by atoms with Gasteiger partial charge in [0.25, 0.3) is 0 Å². The fourth-order valence-electron chi connectivity index (χ4n) is 1.64.